The molecule has 0 aliphatic carbocycles. The van der Waals surface area contributed by atoms with Crippen LogP contribution >= 0.6 is 0 Å². The van der Waals surface area contributed by atoms with Crippen molar-refractivity contribution in [3.63, 3.8) is 0 Å². The van der Waals surface area contributed by atoms with Crippen LogP contribution in [0.4, 0.5) is 0 Å². The average molecular weight is 230 g/mol. The second-order valence-electron chi connectivity index (χ2n) is 4.22. The van der Waals surface area contributed by atoms with Gasteiger partial charge in [-0.1, -0.05) is 0 Å². The molecule has 6 nitrogen and oxygen atoms in total. The first-order valence-corrected chi connectivity index (χ1v) is 6.04. The maximum atomic E-state index is 12.0. The number of rotatable bonds is 2. The van der Waals surface area contributed by atoms with E-state index < -0.39 is 15.6 Å². The molecule has 7 heteroatoms. The number of hydrogen-bond donors (Lipinski definition) is 1. The van der Waals surface area contributed by atoms with Gasteiger partial charge in [-0.2, -0.15) is 9.40 Å². The third-order valence-electron chi connectivity index (χ3n) is 2.46. The van der Waals surface area contributed by atoms with Crippen LogP contribution in [-0.4, -0.2) is 41.1 Å². The highest BCUT2D eigenvalue weighted by Crippen LogP contribution is 2.25. The summed E-state index contributed by atoms with van der Waals surface area (Å²) in [5.41, 5.74) is 5.37. The van der Waals surface area contributed by atoms with Gasteiger partial charge < -0.3 is 5.73 Å². The number of nitrogens with zero attached hydrogens (tertiary/aromatic N) is 3. The lowest BCUT2D eigenvalue weighted by molar-refractivity contribution is 0.175. The number of hydrogen-bond acceptors (Lipinski definition) is 4. The van der Waals surface area contributed by atoms with E-state index in [9.17, 15) is 8.42 Å². The zero-order valence-electron chi connectivity index (χ0n) is 8.71. The van der Waals surface area contributed by atoms with E-state index in [1.165, 1.54) is 21.3 Å². The van der Waals surface area contributed by atoms with Crippen LogP contribution in [0.15, 0.2) is 17.3 Å². The molecule has 1 aliphatic rings. The Bertz CT molecular complexity index is 469. The van der Waals surface area contributed by atoms with Crippen LogP contribution in [0, 0.1) is 0 Å². The second-order valence-corrected chi connectivity index (χ2v) is 6.10. The van der Waals surface area contributed by atoms with Gasteiger partial charge in [0, 0.05) is 25.7 Å². The van der Waals surface area contributed by atoms with Gasteiger partial charge in [-0.25, -0.2) is 8.42 Å². The third kappa shape index (κ3) is 1.66. The molecular formula is C8H14N4O2S. The molecule has 0 amide bonds. The summed E-state index contributed by atoms with van der Waals surface area (Å²) in [7, 11) is -1.80. The molecule has 0 saturated carbocycles. The Balaban J connectivity index is 2.27. The minimum Gasteiger partial charge on any atom is -0.323 e. The Kier molecular flexibility index (Phi) is 2.14. The Morgan fingerprint density at radius 2 is 2.13 bits per heavy atom. The molecule has 0 atom stereocenters. The topological polar surface area (TPSA) is 81.2 Å². The van der Waals surface area contributed by atoms with Gasteiger partial charge in [0.2, 0.25) is 0 Å². The van der Waals surface area contributed by atoms with Gasteiger partial charge in [0.05, 0.1) is 6.20 Å². The van der Waals surface area contributed by atoms with Crippen LogP contribution in [-0.2, 0) is 17.1 Å². The van der Waals surface area contributed by atoms with Gasteiger partial charge in [0.15, 0.2) is 5.03 Å². The zero-order chi connectivity index (χ0) is 11.3. The average Bonchev–Trinajstić information content (AvgIpc) is 2.47. The van der Waals surface area contributed by atoms with Crippen molar-refractivity contribution in [2.45, 2.75) is 17.5 Å². The monoisotopic (exact) mass is 230 g/mol. The predicted molar refractivity (Wildman–Crippen MR) is 54.6 cm³/mol. The van der Waals surface area contributed by atoms with Gasteiger partial charge in [-0.3, -0.25) is 4.68 Å². The predicted octanol–water partition coefficient (Wildman–Crippen LogP) is -0.858. The fraction of sp³-hybridized carbons (Fsp3) is 0.625. The van der Waals surface area contributed by atoms with E-state index in [4.69, 9.17) is 5.73 Å². The molecule has 1 fully saturated rings. The van der Waals surface area contributed by atoms with Crippen LogP contribution in [0.2, 0.25) is 0 Å². The van der Waals surface area contributed by atoms with Crippen LogP contribution in [0.25, 0.3) is 0 Å². The number of nitrogens with two attached hydrogens (primary N) is 1. The van der Waals surface area contributed by atoms with E-state index in [1.807, 2.05) is 6.92 Å². The normalized spacial score (nSPS) is 21.3. The molecule has 2 N–H and O–H groups in total. The quantitative estimate of drug-likeness (QED) is 0.717. The molecule has 0 bridgehead atoms. The molecule has 1 saturated heterocycles. The molecule has 84 valence electrons. The molecule has 1 aromatic heterocycles. The van der Waals surface area contributed by atoms with Crippen molar-refractivity contribution in [1.29, 1.82) is 0 Å². The van der Waals surface area contributed by atoms with Gasteiger partial charge in [0.25, 0.3) is 10.0 Å². The summed E-state index contributed by atoms with van der Waals surface area (Å²) >= 11 is 0. The lowest BCUT2D eigenvalue weighted by Crippen LogP contribution is -2.66. The summed E-state index contributed by atoms with van der Waals surface area (Å²) in [6.45, 7) is 2.56. The Hall–Kier alpha value is -0.920. The molecular weight excluding hydrogens is 216 g/mol. The number of aromatic nitrogens is 2. The Morgan fingerprint density at radius 3 is 2.53 bits per heavy atom. The van der Waals surface area contributed by atoms with E-state index in [0.717, 1.165) is 0 Å². The molecule has 0 spiro atoms. The van der Waals surface area contributed by atoms with E-state index in [0.29, 0.717) is 13.1 Å². The van der Waals surface area contributed by atoms with Crippen molar-refractivity contribution in [3.05, 3.63) is 12.3 Å². The lowest BCUT2D eigenvalue weighted by atomic mass is 9.97. The molecule has 0 aromatic carbocycles. The molecule has 2 rings (SSSR count). The van der Waals surface area contributed by atoms with Crippen LogP contribution in [0.5, 0.6) is 0 Å². The molecule has 1 aliphatic heterocycles. The first-order valence-electron chi connectivity index (χ1n) is 4.60. The minimum atomic E-state index is -3.41. The van der Waals surface area contributed by atoms with E-state index in [2.05, 4.69) is 5.10 Å². The smallest absolute Gasteiger partial charge is 0.260 e. The van der Waals surface area contributed by atoms with Crippen LogP contribution in [0.1, 0.15) is 6.92 Å². The standard InChI is InChI=1S/C8H14N4O2S/c1-8(9)5-12(6-8)15(13,14)7-3-4-10-11(7)2/h3-4H,5-6,9H2,1-2H3. The first kappa shape index (κ1) is 10.6. The minimum absolute atomic E-state index is 0.206. The molecule has 2 heterocycles. The van der Waals surface area contributed by atoms with Crippen molar-refractivity contribution in [1.82, 2.24) is 14.1 Å². The van der Waals surface area contributed by atoms with Gasteiger partial charge in [0.1, 0.15) is 0 Å². The fourth-order valence-electron chi connectivity index (χ4n) is 1.68. The molecule has 0 unspecified atom stereocenters. The summed E-state index contributed by atoms with van der Waals surface area (Å²) in [5.74, 6) is 0. The Labute approximate surface area is 88.7 Å². The number of sulfonamides is 1. The highest BCUT2D eigenvalue weighted by Gasteiger charge is 2.43. The summed E-state index contributed by atoms with van der Waals surface area (Å²) in [4.78, 5) is 0. The van der Waals surface area contributed by atoms with Crippen molar-refractivity contribution < 1.29 is 8.42 Å². The van der Waals surface area contributed by atoms with E-state index >= 15 is 0 Å². The highest BCUT2D eigenvalue weighted by atomic mass is 32.2. The van der Waals surface area contributed by atoms with Crippen LogP contribution < -0.4 is 5.73 Å². The summed E-state index contributed by atoms with van der Waals surface area (Å²) in [6, 6.07) is 1.49. The fourth-order valence-corrected chi connectivity index (χ4v) is 3.48. The maximum Gasteiger partial charge on any atom is 0.260 e. The maximum absolute atomic E-state index is 12.0. The Morgan fingerprint density at radius 1 is 1.53 bits per heavy atom. The van der Waals surface area contributed by atoms with Gasteiger partial charge >= 0.3 is 0 Å². The lowest BCUT2D eigenvalue weighted by Gasteiger charge is -2.43. The molecule has 1 aromatic rings. The molecule has 0 radical (unpaired) electrons. The van der Waals surface area contributed by atoms with Crippen molar-refractivity contribution in [2.24, 2.45) is 12.8 Å². The van der Waals surface area contributed by atoms with E-state index in [-0.39, 0.29) is 5.03 Å². The van der Waals surface area contributed by atoms with Crippen molar-refractivity contribution in [2.75, 3.05) is 13.1 Å². The summed E-state index contributed by atoms with van der Waals surface area (Å²) in [5, 5.41) is 4.05. The SMILES string of the molecule is Cn1nccc1S(=O)(=O)N1CC(C)(N)C1. The second kappa shape index (κ2) is 3.03. The van der Waals surface area contributed by atoms with Crippen LogP contribution in [0.3, 0.4) is 0 Å². The molecule has 15 heavy (non-hydrogen) atoms. The number of aryl methyl sites for hydroxylation is 1. The zero-order valence-corrected chi connectivity index (χ0v) is 9.53. The summed E-state index contributed by atoms with van der Waals surface area (Å²) < 4.78 is 26.7. The van der Waals surface area contributed by atoms with Gasteiger partial charge in [-0.05, 0) is 13.0 Å². The largest absolute Gasteiger partial charge is 0.323 e. The third-order valence-corrected chi connectivity index (χ3v) is 4.32. The van der Waals surface area contributed by atoms with E-state index in [1.54, 1.807) is 7.05 Å². The highest BCUT2D eigenvalue weighted by molar-refractivity contribution is 7.89. The van der Waals surface area contributed by atoms with Gasteiger partial charge in [-0.15, -0.1) is 0 Å². The van der Waals surface area contributed by atoms with Crippen molar-refractivity contribution in [3.8, 4) is 0 Å². The first-order chi connectivity index (χ1) is 6.83. The van der Waals surface area contributed by atoms with Crippen molar-refractivity contribution >= 4 is 10.0 Å². The summed E-state index contributed by atoms with van der Waals surface area (Å²) in [6.07, 6.45) is 1.47.